The fourth-order valence-corrected chi connectivity index (χ4v) is 5.33. The molecule has 1 amide bonds. The van der Waals surface area contributed by atoms with Gasteiger partial charge in [0.05, 0.1) is 23.7 Å². The summed E-state index contributed by atoms with van der Waals surface area (Å²) in [4.78, 5) is 13.9. The third-order valence-corrected chi connectivity index (χ3v) is 8.13. The molecule has 3 rings (SSSR count). The number of rotatable bonds is 12. The second-order valence-electron chi connectivity index (χ2n) is 7.70. The number of hydrogen-bond donors (Lipinski definition) is 1. The van der Waals surface area contributed by atoms with Crippen LogP contribution in [0.4, 0.5) is 5.69 Å². The van der Waals surface area contributed by atoms with Crippen molar-refractivity contribution in [2.75, 3.05) is 36.9 Å². The molecule has 0 atom stereocenters. The topological polar surface area (TPSA) is 84.9 Å². The molecule has 0 aliphatic rings. The van der Waals surface area contributed by atoms with Crippen LogP contribution in [0.25, 0.3) is 0 Å². The smallest absolute Gasteiger partial charge is 0.264 e. The van der Waals surface area contributed by atoms with Gasteiger partial charge in [0.25, 0.3) is 10.0 Å². The van der Waals surface area contributed by atoms with Crippen molar-refractivity contribution in [3.63, 3.8) is 0 Å². The van der Waals surface area contributed by atoms with Crippen molar-refractivity contribution in [1.82, 2.24) is 5.32 Å². The van der Waals surface area contributed by atoms with Gasteiger partial charge in [0.15, 0.2) is 0 Å². The van der Waals surface area contributed by atoms with Gasteiger partial charge < -0.3 is 14.8 Å². The lowest BCUT2D eigenvalue weighted by atomic mass is 10.2. The van der Waals surface area contributed by atoms with Crippen LogP contribution in [0.5, 0.6) is 11.5 Å². The number of thioether (sulfide) groups is 1. The van der Waals surface area contributed by atoms with Crippen LogP contribution < -0.4 is 19.1 Å². The molecule has 0 unspecified atom stereocenters. The van der Waals surface area contributed by atoms with Crippen molar-refractivity contribution >= 4 is 45.0 Å². The normalized spacial score (nSPS) is 11.1. The molecule has 0 saturated heterocycles. The number of para-hydroxylation sites is 2. The van der Waals surface area contributed by atoms with E-state index in [0.29, 0.717) is 23.1 Å². The molecule has 1 N–H and O–H groups in total. The fourth-order valence-electron chi connectivity index (χ4n) is 3.32. The molecule has 0 radical (unpaired) electrons. The summed E-state index contributed by atoms with van der Waals surface area (Å²) < 4.78 is 39.7. The van der Waals surface area contributed by atoms with Crippen molar-refractivity contribution in [2.45, 2.75) is 23.6 Å². The molecule has 0 spiro atoms. The summed E-state index contributed by atoms with van der Waals surface area (Å²) in [5.74, 6) is 0.483. The van der Waals surface area contributed by atoms with E-state index < -0.39 is 22.5 Å². The number of benzene rings is 3. The average Bonchev–Trinajstić information content (AvgIpc) is 2.88. The number of carbonyl (C=O) groups excluding carboxylic acids is 1. The molecule has 0 fully saturated rings. The first kappa shape index (κ1) is 27.7. The largest absolute Gasteiger partial charge is 0.492 e. The summed E-state index contributed by atoms with van der Waals surface area (Å²) in [5.41, 5.74) is 1.23. The molecule has 0 bridgehead atoms. The minimum absolute atomic E-state index is 0.0824. The maximum Gasteiger partial charge on any atom is 0.264 e. The third kappa shape index (κ3) is 7.09. The monoisotopic (exact) mass is 548 g/mol. The van der Waals surface area contributed by atoms with Gasteiger partial charge >= 0.3 is 0 Å². The Balaban J connectivity index is 1.77. The highest BCUT2D eigenvalue weighted by atomic mass is 35.5. The van der Waals surface area contributed by atoms with Gasteiger partial charge in [0.1, 0.15) is 24.7 Å². The number of nitrogens with zero attached hydrogens (tertiary/aromatic N) is 1. The number of halogens is 1. The molecule has 3 aromatic carbocycles. The minimum atomic E-state index is -4.06. The van der Waals surface area contributed by atoms with Gasteiger partial charge in [0.2, 0.25) is 5.91 Å². The highest BCUT2D eigenvalue weighted by molar-refractivity contribution is 7.98. The van der Waals surface area contributed by atoms with E-state index in [1.54, 1.807) is 48.5 Å². The first-order valence-electron chi connectivity index (χ1n) is 11.3. The Bertz CT molecular complexity index is 1280. The SMILES string of the molecule is CCOc1ccccc1N(CC(=O)NCCOc1ccc(C)c(Cl)c1)S(=O)(=O)c1ccc(SC)cc1. The van der Waals surface area contributed by atoms with Crippen molar-refractivity contribution in [1.29, 1.82) is 0 Å². The summed E-state index contributed by atoms with van der Waals surface area (Å²) >= 11 is 7.63. The molecule has 3 aromatic rings. The number of sulfonamides is 1. The summed E-state index contributed by atoms with van der Waals surface area (Å²) in [6, 6.07) is 18.7. The van der Waals surface area contributed by atoms with E-state index in [1.165, 1.54) is 23.9 Å². The van der Waals surface area contributed by atoms with Crippen LogP contribution in [0.2, 0.25) is 5.02 Å². The summed E-state index contributed by atoms with van der Waals surface area (Å²) in [6.07, 6.45) is 1.91. The van der Waals surface area contributed by atoms with Crippen molar-refractivity contribution < 1.29 is 22.7 Å². The van der Waals surface area contributed by atoms with Crippen LogP contribution in [-0.4, -0.2) is 46.9 Å². The number of hydrogen-bond acceptors (Lipinski definition) is 6. The van der Waals surface area contributed by atoms with E-state index in [2.05, 4.69) is 5.32 Å². The zero-order valence-electron chi connectivity index (χ0n) is 20.4. The molecule has 0 aliphatic heterocycles. The number of aryl methyl sites for hydroxylation is 1. The highest BCUT2D eigenvalue weighted by Crippen LogP contribution is 2.33. The Kier molecular flexibility index (Phi) is 9.92. The lowest BCUT2D eigenvalue weighted by Gasteiger charge is -2.26. The quantitative estimate of drug-likeness (QED) is 0.248. The molecule has 36 heavy (non-hydrogen) atoms. The predicted octanol–water partition coefficient (Wildman–Crippen LogP) is 5.16. The highest BCUT2D eigenvalue weighted by Gasteiger charge is 2.29. The molecule has 0 aliphatic carbocycles. The first-order valence-corrected chi connectivity index (χ1v) is 14.3. The van der Waals surface area contributed by atoms with Crippen LogP contribution in [-0.2, 0) is 14.8 Å². The predicted molar refractivity (Wildman–Crippen MR) is 145 cm³/mol. The molecule has 192 valence electrons. The van der Waals surface area contributed by atoms with Crippen LogP contribution >= 0.6 is 23.4 Å². The fraction of sp³-hybridized carbons (Fsp3) is 0.269. The lowest BCUT2D eigenvalue weighted by Crippen LogP contribution is -2.42. The van der Waals surface area contributed by atoms with Crippen LogP contribution in [0.1, 0.15) is 12.5 Å². The number of ether oxygens (including phenoxy) is 2. The third-order valence-electron chi connectivity index (χ3n) is 5.20. The van der Waals surface area contributed by atoms with Crippen molar-refractivity contribution in [3.8, 4) is 11.5 Å². The Morgan fingerprint density at radius 2 is 1.78 bits per heavy atom. The van der Waals surface area contributed by atoms with E-state index >= 15 is 0 Å². The lowest BCUT2D eigenvalue weighted by molar-refractivity contribution is -0.119. The second-order valence-corrected chi connectivity index (χ2v) is 10.8. The maximum atomic E-state index is 13.6. The van der Waals surface area contributed by atoms with Gasteiger partial charge in [-0.05, 0) is 74.2 Å². The summed E-state index contributed by atoms with van der Waals surface area (Å²) in [5, 5.41) is 3.32. The Morgan fingerprint density at radius 3 is 2.44 bits per heavy atom. The minimum Gasteiger partial charge on any atom is -0.492 e. The van der Waals surface area contributed by atoms with Gasteiger partial charge in [0, 0.05) is 9.92 Å². The van der Waals surface area contributed by atoms with Crippen LogP contribution in [0.3, 0.4) is 0 Å². The van der Waals surface area contributed by atoms with Crippen molar-refractivity contribution in [3.05, 3.63) is 77.3 Å². The summed E-state index contributed by atoms with van der Waals surface area (Å²) in [7, 11) is -4.06. The van der Waals surface area contributed by atoms with E-state index in [-0.39, 0.29) is 23.7 Å². The number of amides is 1. The van der Waals surface area contributed by atoms with Gasteiger partial charge in [-0.1, -0.05) is 29.8 Å². The van der Waals surface area contributed by atoms with Gasteiger partial charge in [-0.15, -0.1) is 11.8 Å². The van der Waals surface area contributed by atoms with Crippen LogP contribution in [0, 0.1) is 6.92 Å². The second kappa shape index (κ2) is 12.9. The molecular formula is C26H29ClN2O5S2. The van der Waals surface area contributed by atoms with E-state index in [4.69, 9.17) is 21.1 Å². The van der Waals surface area contributed by atoms with Crippen LogP contribution in [0.15, 0.2) is 76.5 Å². The van der Waals surface area contributed by atoms with E-state index in [9.17, 15) is 13.2 Å². The van der Waals surface area contributed by atoms with Crippen molar-refractivity contribution in [2.24, 2.45) is 0 Å². The zero-order valence-corrected chi connectivity index (χ0v) is 22.8. The molecular weight excluding hydrogens is 520 g/mol. The van der Waals surface area contributed by atoms with Gasteiger partial charge in [-0.25, -0.2) is 8.42 Å². The molecule has 0 heterocycles. The standard InChI is InChI=1S/C26H29ClN2O5S2/c1-4-33-25-8-6-5-7-24(25)29(36(31,32)22-13-11-21(35-3)12-14-22)18-26(30)28-15-16-34-20-10-9-19(2)23(27)17-20/h5-14,17H,4,15-16,18H2,1-3H3,(H,28,30). The molecule has 0 aromatic heterocycles. The first-order chi connectivity index (χ1) is 17.3. The van der Waals surface area contributed by atoms with E-state index in [1.807, 2.05) is 26.2 Å². The van der Waals surface area contributed by atoms with Gasteiger partial charge in [-0.2, -0.15) is 0 Å². The number of anilines is 1. The zero-order chi connectivity index (χ0) is 26.1. The Hall–Kier alpha value is -2.88. The van der Waals surface area contributed by atoms with Gasteiger partial charge in [-0.3, -0.25) is 9.10 Å². The number of nitrogens with one attached hydrogen (secondary N) is 1. The molecule has 10 heteroatoms. The summed E-state index contributed by atoms with van der Waals surface area (Å²) in [6.45, 7) is 4.02. The Morgan fingerprint density at radius 1 is 1.06 bits per heavy atom. The average molecular weight is 549 g/mol. The molecule has 0 saturated carbocycles. The maximum absolute atomic E-state index is 13.6. The van der Waals surface area contributed by atoms with E-state index in [0.717, 1.165) is 14.8 Å². The molecule has 7 nitrogen and oxygen atoms in total. The number of carbonyl (C=O) groups is 1. The Labute approximate surface area is 221 Å².